The van der Waals surface area contributed by atoms with Crippen LogP contribution in [0.3, 0.4) is 0 Å². The van der Waals surface area contributed by atoms with Gasteiger partial charge in [0.2, 0.25) is 23.6 Å². The van der Waals surface area contributed by atoms with Crippen molar-refractivity contribution in [2.75, 3.05) is 13.1 Å². The number of hydrogen-bond acceptors (Lipinski definition) is 4. The molecule has 1 heterocycles. The molecule has 206 valence electrons. The van der Waals surface area contributed by atoms with Gasteiger partial charge in [0.05, 0.1) is 0 Å². The summed E-state index contributed by atoms with van der Waals surface area (Å²) in [6.45, 7) is 11.8. The normalized spacial score (nSPS) is 16.6. The fraction of sp³-hybridized carbons (Fsp3) is 0.643. The Labute approximate surface area is 220 Å². The SMILES string of the molecule is Cc1ccc(CNC(=O)[C@H](C)CC(=O)N(CC(=O)N2CCCC[C@@H]2C)NC(=O)CCC(C)(C)C)c(F)c1. The van der Waals surface area contributed by atoms with Gasteiger partial charge in [-0.2, -0.15) is 0 Å². The molecule has 1 saturated heterocycles. The lowest BCUT2D eigenvalue weighted by atomic mass is 9.90. The molecule has 0 bridgehead atoms. The molecule has 0 aromatic heterocycles. The Morgan fingerprint density at radius 2 is 1.89 bits per heavy atom. The number of halogens is 1. The van der Waals surface area contributed by atoms with E-state index in [0.29, 0.717) is 18.5 Å². The predicted molar refractivity (Wildman–Crippen MR) is 140 cm³/mol. The maximum atomic E-state index is 14.1. The zero-order valence-corrected chi connectivity index (χ0v) is 23.2. The molecule has 0 unspecified atom stereocenters. The summed E-state index contributed by atoms with van der Waals surface area (Å²) in [6.07, 6.45) is 3.48. The zero-order chi connectivity index (χ0) is 27.8. The molecule has 2 N–H and O–H groups in total. The Hall–Kier alpha value is -2.97. The summed E-state index contributed by atoms with van der Waals surface area (Å²) < 4.78 is 14.1. The smallest absolute Gasteiger partial charge is 0.244 e. The standard InChI is InChI=1S/C28H43FN4O4/c1-19-10-11-22(23(29)15-19)17-30-27(37)20(2)16-25(35)33(31-24(34)12-13-28(4,5)6)18-26(36)32-14-8-7-9-21(32)3/h10-11,15,20-21H,7-9,12-14,16-18H2,1-6H3,(H,30,37)(H,31,34)/t20-,21+/m1/s1. The van der Waals surface area contributed by atoms with Crippen molar-refractivity contribution in [1.29, 1.82) is 0 Å². The lowest BCUT2D eigenvalue weighted by Gasteiger charge is -2.35. The van der Waals surface area contributed by atoms with E-state index in [9.17, 15) is 23.6 Å². The zero-order valence-electron chi connectivity index (χ0n) is 23.2. The van der Waals surface area contributed by atoms with E-state index in [4.69, 9.17) is 0 Å². The third-order valence-electron chi connectivity index (χ3n) is 6.67. The van der Waals surface area contributed by atoms with Crippen LogP contribution in [0.1, 0.15) is 84.3 Å². The number of piperidine rings is 1. The first-order chi connectivity index (χ1) is 17.3. The molecule has 0 aliphatic carbocycles. The fourth-order valence-electron chi connectivity index (χ4n) is 4.20. The Kier molecular flexibility index (Phi) is 11.1. The predicted octanol–water partition coefficient (Wildman–Crippen LogP) is 3.86. The van der Waals surface area contributed by atoms with Crippen molar-refractivity contribution in [2.45, 2.75) is 92.7 Å². The number of nitrogens with zero attached hydrogens (tertiary/aromatic N) is 2. The number of carbonyl (C=O) groups excluding carboxylic acids is 4. The number of hydrazine groups is 1. The van der Waals surface area contributed by atoms with Crippen LogP contribution in [0.5, 0.6) is 0 Å². The maximum Gasteiger partial charge on any atom is 0.244 e. The molecule has 0 spiro atoms. The van der Waals surface area contributed by atoms with Crippen molar-refractivity contribution >= 4 is 23.6 Å². The topological polar surface area (TPSA) is 98.8 Å². The fourth-order valence-corrected chi connectivity index (χ4v) is 4.20. The lowest BCUT2D eigenvalue weighted by Crippen LogP contribution is -2.54. The van der Waals surface area contributed by atoms with E-state index in [2.05, 4.69) is 10.7 Å². The molecule has 1 aliphatic heterocycles. The Morgan fingerprint density at radius 3 is 2.51 bits per heavy atom. The molecule has 0 radical (unpaired) electrons. The van der Waals surface area contributed by atoms with Gasteiger partial charge in [0, 0.05) is 43.5 Å². The van der Waals surface area contributed by atoms with Crippen molar-refractivity contribution in [3.63, 3.8) is 0 Å². The quantitative estimate of drug-likeness (QED) is 0.485. The monoisotopic (exact) mass is 518 g/mol. The molecular weight excluding hydrogens is 475 g/mol. The van der Waals surface area contributed by atoms with Crippen molar-refractivity contribution in [1.82, 2.24) is 20.7 Å². The molecule has 1 fully saturated rings. The molecule has 2 atom stereocenters. The van der Waals surface area contributed by atoms with Gasteiger partial charge >= 0.3 is 0 Å². The van der Waals surface area contributed by atoms with Crippen molar-refractivity contribution in [3.8, 4) is 0 Å². The van der Waals surface area contributed by atoms with Crippen LogP contribution in [-0.4, -0.2) is 52.7 Å². The van der Waals surface area contributed by atoms with Crippen LogP contribution in [0.2, 0.25) is 0 Å². The second kappa shape index (κ2) is 13.5. The van der Waals surface area contributed by atoms with E-state index in [1.165, 1.54) is 6.07 Å². The number of aryl methyl sites for hydroxylation is 1. The minimum atomic E-state index is -0.737. The van der Waals surface area contributed by atoms with Crippen molar-refractivity contribution in [2.24, 2.45) is 11.3 Å². The highest BCUT2D eigenvalue weighted by Crippen LogP contribution is 2.21. The maximum absolute atomic E-state index is 14.1. The number of hydrogen-bond donors (Lipinski definition) is 2. The van der Waals surface area contributed by atoms with E-state index in [1.54, 1.807) is 30.9 Å². The summed E-state index contributed by atoms with van der Waals surface area (Å²) >= 11 is 0. The van der Waals surface area contributed by atoms with E-state index in [0.717, 1.165) is 29.8 Å². The minimum absolute atomic E-state index is 0.00205. The molecule has 1 aliphatic rings. The van der Waals surface area contributed by atoms with Gasteiger partial charge in [0.25, 0.3) is 0 Å². The van der Waals surface area contributed by atoms with Crippen molar-refractivity contribution in [3.05, 3.63) is 35.1 Å². The molecular formula is C28H43FN4O4. The van der Waals surface area contributed by atoms with E-state index >= 15 is 0 Å². The summed E-state index contributed by atoms with van der Waals surface area (Å²) in [7, 11) is 0. The average Bonchev–Trinajstić information content (AvgIpc) is 2.81. The van der Waals surface area contributed by atoms with Crippen LogP contribution < -0.4 is 10.7 Å². The Morgan fingerprint density at radius 1 is 1.19 bits per heavy atom. The van der Waals surface area contributed by atoms with Crippen LogP contribution in [0.15, 0.2) is 18.2 Å². The molecule has 2 rings (SSSR count). The number of rotatable bonds is 9. The Balaban J connectivity index is 2.03. The Bertz CT molecular complexity index is 975. The number of carbonyl (C=O) groups is 4. The first-order valence-electron chi connectivity index (χ1n) is 13.2. The van der Waals surface area contributed by atoms with Crippen molar-refractivity contribution < 1.29 is 23.6 Å². The largest absolute Gasteiger partial charge is 0.352 e. The van der Waals surface area contributed by atoms with Crippen LogP contribution in [-0.2, 0) is 25.7 Å². The van der Waals surface area contributed by atoms with Gasteiger partial charge in [-0.1, -0.05) is 39.8 Å². The highest BCUT2D eigenvalue weighted by atomic mass is 19.1. The molecule has 8 nitrogen and oxygen atoms in total. The lowest BCUT2D eigenvalue weighted by molar-refractivity contribution is -0.149. The summed E-state index contributed by atoms with van der Waals surface area (Å²) in [5.41, 5.74) is 3.68. The van der Waals surface area contributed by atoms with Gasteiger partial charge in [-0.25, -0.2) is 9.40 Å². The first-order valence-corrected chi connectivity index (χ1v) is 13.2. The summed E-state index contributed by atoms with van der Waals surface area (Å²) in [5, 5.41) is 3.72. The minimum Gasteiger partial charge on any atom is -0.352 e. The molecule has 9 heteroatoms. The van der Waals surface area contributed by atoms with Gasteiger partial charge < -0.3 is 10.2 Å². The number of nitrogens with one attached hydrogen (secondary N) is 2. The van der Waals surface area contributed by atoms with E-state index in [-0.39, 0.29) is 49.2 Å². The second-order valence-electron chi connectivity index (χ2n) is 11.4. The highest BCUT2D eigenvalue weighted by Gasteiger charge is 2.29. The molecule has 0 saturated carbocycles. The summed E-state index contributed by atoms with van der Waals surface area (Å²) in [6, 6.07) is 4.84. The van der Waals surface area contributed by atoms with Gasteiger partial charge in [-0.15, -0.1) is 0 Å². The molecule has 37 heavy (non-hydrogen) atoms. The van der Waals surface area contributed by atoms with Gasteiger partial charge in [0.15, 0.2) is 0 Å². The second-order valence-corrected chi connectivity index (χ2v) is 11.4. The van der Waals surface area contributed by atoms with Crippen LogP contribution in [0, 0.1) is 24.1 Å². The number of benzene rings is 1. The van der Waals surface area contributed by atoms with Crippen LogP contribution >= 0.6 is 0 Å². The third kappa shape index (κ3) is 10.1. The number of amides is 4. The summed E-state index contributed by atoms with van der Waals surface area (Å²) in [5.74, 6) is -2.66. The summed E-state index contributed by atoms with van der Waals surface area (Å²) in [4.78, 5) is 53.2. The van der Waals surface area contributed by atoms with Crippen LogP contribution in [0.4, 0.5) is 4.39 Å². The highest BCUT2D eigenvalue weighted by molar-refractivity contribution is 5.90. The molecule has 1 aromatic carbocycles. The van der Waals surface area contributed by atoms with E-state index < -0.39 is 23.5 Å². The van der Waals surface area contributed by atoms with Gasteiger partial charge in [-0.05, 0) is 56.6 Å². The number of likely N-dealkylation sites (tertiary alicyclic amines) is 1. The third-order valence-corrected chi connectivity index (χ3v) is 6.67. The first kappa shape index (κ1) is 30.3. The molecule has 1 aromatic rings. The van der Waals surface area contributed by atoms with Crippen LogP contribution in [0.25, 0.3) is 0 Å². The van der Waals surface area contributed by atoms with Gasteiger partial charge in [-0.3, -0.25) is 24.6 Å². The van der Waals surface area contributed by atoms with E-state index in [1.807, 2.05) is 27.7 Å². The average molecular weight is 519 g/mol. The molecule has 4 amide bonds. The van der Waals surface area contributed by atoms with Gasteiger partial charge in [0.1, 0.15) is 12.4 Å².